The van der Waals surface area contributed by atoms with Crippen molar-refractivity contribution in [3.05, 3.63) is 35.2 Å². The third-order valence-electron chi connectivity index (χ3n) is 4.53. The Morgan fingerprint density at radius 2 is 2.50 bits per heavy atom. The van der Waals surface area contributed by atoms with Gasteiger partial charge in [0.2, 0.25) is 0 Å². The number of nitrogens with zero attached hydrogens (tertiary/aromatic N) is 1. The quantitative estimate of drug-likeness (QED) is 0.815. The molecule has 18 heavy (non-hydrogen) atoms. The number of aliphatic hydroxyl groups excluding tert-OH is 1. The molecule has 0 aliphatic heterocycles. The van der Waals surface area contributed by atoms with Crippen LogP contribution < -0.4 is 0 Å². The molecule has 0 unspecified atom stereocenters. The minimum Gasteiger partial charge on any atom is -0.392 e. The molecule has 0 radical (unpaired) electrons. The van der Waals surface area contributed by atoms with Gasteiger partial charge in [-0.1, -0.05) is 29.8 Å². The topological polar surface area (TPSA) is 46.3 Å². The van der Waals surface area contributed by atoms with Crippen LogP contribution in [0.1, 0.15) is 37.5 Å². The highest BCUT2D eigenvalue weighted by atomic mass is 16.5. The fourth-order valence-electron chi connectivity index (χ4n) is 3.44. The third-order valence-corrected chi connectivity index (χ3v) is 4.53. The van der Waals surface area contributed by atoms with Gasteiger partial charge in [0.1, 0.15) is 0 Å². The molecule has 0 aromatic carbocycles. The highest BCUT2D eigenvalue weighted by Gasteiger charge is 2.42. The van der Waals surface area contributed by atoms with E-state index >= 15 is 0 Å². The Morgan fingerprint density at radius 1 is 1.61 bits per heavy atom. The number of hydrogen-bond donors (Lipinski definition) is 1. The summed E-state index contributed by atoms with van der Waals surface area (Å²) < 4.78 is 5.28. The van der Waals surface area contributed by atoms with Crippen molar-refractivity contribution in [1.29, 1.82) is 0 Å². The van der Waals surface area contributed by atoms with Crippen molar-refractivity contribution in [2.75, 3.05) is 6.61 Å². The molecule has 0 spiro atoms. The SMILES string of the molecule is C[C@]12Cc3cnoc3C=C1CCC[C@@H]2/C=C/CO. The standard InChI is InChI=1S/C15H19NO2/c1-15-9-11-10-16-18-14(11)8-13(15)5-2-4-12(15)6-3-7-17/h3,6,8,10,12,17H,2,4-5,7,9H2,1H3/b6-3+/t12-,15-/m1/s1. The van der Waals surface area contributed by atoms with E-state index in [2.05, 4.69) is 24.2 Å². The molecule has 3 rings (SSSR count). The first-order valence-electron chi connectivity index (χ1n) is 6.66. The van der Waals surface area contributed by atoms with E-state index in [0.717, 1.165) is 18.6 Å². The lowest BCUT2D eigenvalue weighted by Crippen LogP contribution is -2.36. The molecular weight excluding hydrogens is 226 g/mol. The molecule has 2 aliphatic carbocycles. The van der Waals surface area contributed by atoms with Crippen molar-refractivity contribution in [1.82, 2.24) is 5.16 Å². The summed E-state index contributed by atoms with van der Waals surface area (Å²) in [5.41, 5.74) is 2.86. The first-order valence-corrected chi connectivity index (χ1v) is 6.66. The molecule has 2 atom stereocenters. The minimum atomic E-state index is 0.129. The van der Waals surface area contributed by atoms with Crippen LogP contribution in [0.25, 0.3) is 6.08 Å². The van der Waals surface area contributed by atoms with E-state index in [0.29, 0.717) is 5.92 Å². The minimum absolute atomic E-state index is 0.129. The lowest BCUT2D eigenvalue weighted by atomic mass is 9.60. The lowest BCUT2D eigenvalue weighted by Gasteiger charge is -2.44. The number of rotatable bonds is 2. The molecule has 1 N–H and O–H groups in total. The fourth-order valence-corrected chi connectivity index (χ4v) is 3.44. The highest BCUT2D eigenvalue weighted by Crippen LogP contribution is 2.51. The van der Waals surface area contributed by atoms with E-state index in [4.69, 9.17) is 9.63 Å². The van der Waals surface area contributed by atoms with Crippen molar-refractivity contribution in [2.45, 2.75) is 32.6 Å². The van der Waals surface area contributed by atoms with Crippen LogP contribution in [0.15, 0.2) is 28.4 Å². The summed E-state index contributed by atoms with van der Waals surface area (Å²) in [6.45, 7) is 2.46. The predicted octanol–water partition coefficient (Wildman–Crippen LogP) is 2.97. The van der Waals surface area contributed by atoms with Gasteiger partial charge in [-0.05, 0) is 43.1 Å². The van der Waals surface area contributed by atoms with Gasteiger partial charge in [0.05, 0.1) is 12.8 Å². The number of allylic oxidation sites excluding steroid dienone is 2. The highest BCUT2D eigenvalue weighted by molar-refractivity contribution is 5.57. The average Bonchev–Trinajstić information content (AvgIpc) is 2.79. The Kier molecular flexibility index (Phi) is 2.86. The van der Waals surface area contributed by atoms with E-state index in [9.17, 15) is 0 Å². The summed E-state index contributed by atoms with van der Waals surface area (Å²) in [5, 5.41) is 12.9. The molecule has 1 saturated carbocycles. The molecule has 0 amide bonds. The molecule has 0 saturated heterocycles. The molecule has 1 heterocycles. The lowest BCUT2D eigenvalue weighted by molar-refractivity contribution is 0.222. The van der Waals surface area contributed by atoms with Gasteiger partial charge in [0, 0.05) is 5.56 Å². The van der Waals surface area contributed by atoms with Gasteiger partial charge in [0.15, 0.2) is 5.76 Å². The maximum Gasteiger partial charge on any atom is 0.162 e. The Labute approximate surface area is 107 Å². The van der Waals surface area contributed by atoms with Crippen molar-refractivity contribution >= 4 is 6.08 Å². The van der Waals surface area contributed by atoms with E-state index in [1.807, 2.05) is 12.3 Å². The second kappa shape index (κ2) is 4.39. The van der Waals surface area contributed by atoms with Gasteiger partial charge in [0.25, 0.3) is 0 Å². The van der Waals surface area contributed by atoms with Crippen molar-refractivity contribution < 1.29 is 9.63 Å². The molecule has 1 aromatic heterocycles. The van der Waals surface area contributed by atoms with Gasteiger partial charge in [-0.2, -0.15) is 0 Å². The van der Waals surface area contributed by atoms with Crippen LogP contribution >= 0.6 is 0 Å². The normalized spacial score (nSPS) is 31.0. The smallest absolute Gasteiger partial charge is 0.162 e. The Morgan fingerprint density at radius 3 is 3.33 bits per heavy atom. The molecule has 1 aromatic rings. The zero-order valence-corrected chi connectivity index (χ0v) is 10.7. The zero-order chi connectivity index (χ0) is 12.6. The molecule has 1 fully saturated rings. The molecule has 2 aliphatic rings. The molecule has 3 heteroatoms. The molecule has 0 bridgehead atoms. The maximum absolute atomic E-state index is 8.98. The van der Waals surface area contributed by atoms with E-state index in [1.54, 1.807) is 0 Å². The Balaban J connectivity index is 1.98. The van der Waals surface area contributed by atoms with Gasteiger partial charge in [-0.15, -0.1) is 0 Å². The van der Waals surface area contributed by atoms with Crippen molar-refractivity contribution in [3.63, 3.8) is 0 Å². The fraction of sp³-hybridized carbons (Fsp3) is 0.533. The molecule has 96 valence electrons. The summed E-state index contributed by atoms with van der Waals surface area (Å²) >= 11 is 0. The summed E-state index contributed by atoms with van der Waals surface area (Å²) in [5.74, 6) is 1.45. The van der Waals surface area contributed by atoms with E-state index in [1.165, 1.54) is 24.0 Å². The summed E-state index contributed by atoms with van der Waals surface area (Å²) in [7, 11) is 0. The average molecular weight is 245 g/mol. The van der Waals surface area contributed by atoms with Crippen LogP contribution in [0.3, 0.4) is 0 Å². The Bertz CT molecular complexity index is 500. The summed E-state index contributed by atoms with van der Waals surface area (Å²) in [6.07, 6.45) is 12.7. The summed E-state index contributed by atoms with van der Waals surface area (Å²) in [6, 6.07) is 0. The first-order chi connectivity index (χ1) is 8.74. The predicted molar refractivity (Wildman–Crippen MR) is 69.9 cm³/mol. The Hall–Kier alpha value is -1.35. The molecule has 3 nitrogen and oxygen atoms in total. The number of aromatic nitrogens is 1. The van der Waals surface area contributed by atoms with Gasteiger partial charge < -0.3 is 9.63 Å². The van der Waals surface area contributed by atoms with E-state index < -0.39 is 0 Å². The van der Waals surface area contributed by atoms with Gasteiger partial charge in [-0.3, -0.25) is 0 Å². The van der Waals surface area contributed by atoms with Gasteiger partial charge in [-0.25, -0.2) is 0 Å². The first kappa shape index (κ1) is 11.7. The largest absolute Gasteiger partial charge is 0.392 e. The molecular formula is C15H19NO2. The van der Waals surface area contributed by atoms with Crippen LogP contribution in [0.4, 0.5) is 0 Å². The van der Waals surface area contributed by atoms with Crippen LogP contribution in [-0.2, 0) is 6.42 Å². The van der Waals surface area contributed by atoms with Gasteiger partial charge >= 0.3 is 0 Å². The second-order valence-electron chi connectivity index (χ2n) is 5.59. The number of fused-ring (bicyclic) bond motifs is 2. The van der Waals surface area contributed by atoms with E-state index in [-0.39, 0.29) is 12.0 Å². The number of aliphatic hydroxyl groups is 1. The summed E-state index contributed by atoms with van der Waals surface area (Å²) in [4.78, 5) is 0. The zero-order valence-electron chi connectivity index (χ0n) is 10.7. The van der Waals surface area contributed by atoms with Crippen molar-refractivity contribution in [2.24, 2.45) is 11.3 Å². The monoisotopic (exact) mass is 245 g/mol. The van der Waals surface area contributed by atoms with Crippen LogP contribution in [0.5, 0.6) is 0 Å². The van der Waals surface area contributed by atoms with Crippen LogP contribution in [-0.4, -0.2) is 16.9 Å². The number of hydrogen-bond acceptors (Lipinski definition) is 3. The van der Waals surface area contributed by atoms with Crippen LogP contribution in [0.2, 0.25) is 0 Å². The van der Waals surface area contributed by atoms with Crippen LogP contribution in [0, 0.1) is 11.3 Å². The second-order valence-corrected chi connectivity index (χ2v) is 5.59. The van der Waals surface area contributed by atoms with Crippen molar-refractivity contribution in [3.8, 4) is 0 Å². The maximum atomic E-state index is 8.98. The third kappa shape index (κ3) is 1.74.